The number of aryl methyl sites for hydroxylation is 1. The molecule has 3 rings (SSSR count). The Morgan fingerprint density at radius 1 is 1.41 bits per heavy atom. The molecule has 0 spiro atoms. The molecule has 2 aromatic heterocycles. The second kappa shape index (κ2) is 6.32. The maximum absolute atomic E-state index is 12.4. The number of nitrogens with zero attached hydrogens (tertiary/aromatic N) is 2. The van der Waals surface area contributed by atoms with Crippen molar-refractivity contribution in [2.45, 2.75) is 20.4 Å². The summed E-state index contributed by atoms with van der Waals surface area (Å²) < 4.78 is 2.14. The smallest absolute Gasteiger partial charge is 0.253 e. The third-order valence-electron chi connectivity index (χ3n) is 4.28. The van der Waals surface area contributed by atoms with Gasteiger partial charge in [-0.15, -0.1) is 0 Å². The van der Waals surface area contributed by atoms with E-state index in [9.17, 15) is 4.79 Å². The maximum Gasteiger partial charge on any atom is 0.253 e. The van der Waals surface area contributed by atoms with Gasteiger partial charge >= 0.3 is 0 Å². The molecular formula is C17H22N4O. The van der Waals surface area contributed by atoms with E-state index in [2.05, 4.69) is 20.2 Å². The average Bonchev–Trinajstić information content (AvgIpc) is 2.75. The fourth-order valence-corrected chi connectivity index (χ4v) is 2.75. The van der Waals surface area contributed by atoms with E-state index in [1.165, 1.54) is 0 Å². The molecule has 0 aromatic carbocycles. The summed E-state index contributed by atoms with van der Waals surface area (Å²) in [7, 11) is 0. The molecule has 2 N–H and O–H groups in total. The molecule has 0 radical (unpaired) electrons. The molecule has 2 aromatic rings. The van der Waals surface area contributed by atoms with Gasteiger partial charge in [0.1, 0.15) is 0 Å². The molecule has 0 bridgehead atoms. The van der Waals surface area contributed by atoms with E-state index >= 15 is 0 Å². The van der Waals surface area contributed by atoms with Crippen molar-refractivity contribution >= 4 is 5.91 Å². The summed E-state index contributed by atoms with van der Waals surface area (Å²) in [6, 6.07) is 7.86. The summed E-state index contributed by atoms with van der Waals surface area (Å²) in [5, 5.41) is 6.25. The van der Waals surface area contributed by atoms with Crippen LogP contribution in [0.25, 0.3) is 0 Å². The lowest BCUT2D eigenvalue weighted by molar-refractivity contribution is 0.0941. The van der Waals surface area contributed by atoms with Crippen molar-refractivity contribution in [1.29, 1.82) is 0 Å². The average molecular weight is 298 g/mol. The van der Waals surface area contributed by atoms with Gasteiger partial charge in [0.25, 0.3) is 5.91 Å². The molecule has 1 amide bonds. The number of rotatable bonds is 5. The van der Waals surface area contributed by atoms with E-state index in [-0.39, 0.29) is 5.91 Å². The van der Waals surface area contributed by atoms with Gasteiger partial charge < -0.3 is 15.2 Å². The molecule has 0 atom stereocenters. The molecule has 0 aliphatic carbocycles. The van der Waals surface area contributed by atoms with E-state index in [0.29, 0.717) is 12.5 Å². The Labute approximate surface area is 130 Å². The summed E-state index contributed by atoms with van der Waals surface area (Å²) in [5.41, 5.74) is 3.84. The molecule has 0 saturated carbocycles. The van der Waals surface area contributed by atoms with Gasteiger partial charge in [-0.25, -0.2) is 0 Å². The third-order valence-corrected chi connectivity index (χ3v) is 4.28. The SMILES string of the molecule is Cc1cc(C(=O)NCC2CNC2)c(C)n1Cc1ccccn1. The van der Waals surface area contributed by atoms with Crippen molar-refractivity contribution < 1.29 is 4.79 Å². The van der Waals surface area contributed by atoms with E-state index in [1.54, 1.807) is 6.20 Å². The topological polar surface area (TPSA) is 59.0 Å². The van der Waals surface area contributed by atoms with Crippen molar-refractivity contribution in [3.8, 4) is 0 Å². The molecule has 3 heterocycles. The van der Waals surface area contributed by atoms with Crippen LogP contribution in [0.2, 0.25) is 0 Å². The number of carbonyl (C=O) groups excluding carboxylic acids is 1. The zero-order chi connectivity index (χ0) is 15.5. The maximum atomic E-state index is 12.4. The molecule has 1 aliphatic rings. The Kier molecular flexibility index (Phi) is 4.24. The van der Waals surface area contributed by atoms with Crippen molar-refractivity contribution in [3.63, 3.8) is 0 Å². The lowest BCUT2D eigenvalue weighted by atomic mass is 10.0. The van der Waals surface area contributed by atoms with Crippen LogP contribution >= 0.6 is 0 Å². The molecule has 5 heteroatoms. The molecule has 22 heavy (non-hydrogen) atoms. The molecule has 1 fully saturated rings. The molecule has 1 aliphatic heterocycles. The Bertz CT molecular complexity index is 659. The Morgan fingerprint density at radius 3 is 2.86 bits per heavy atom. The van der Waals surface area contributed by atoms with Gasteiger partial charge in [0, 0.05) is 43.1 Å². The molecule has 0 unspecified atom stereocenters. The second-order valence-electron chi connectivity index (χ2n) is 5.93. The number of aromatic nitrogens is 2. The van der Waals surface area contributed by atoms with E-state index in [4.69, 9.17) is 0 Å². The lowest BCUT2D eigenvalue weighted by Gasteiger charge is -2.27. The van der Waals surface area contributed by atoms with Gasteiger partial charge in [0.15, 0.2) is 0 Å². The van der Waals surface area contributed by atoms with Crippen LogP contribution in [0, 0.1) is 19.8 Å². The van der Waals surface area contributed by atoms with Crippen molar-refractivity contribution in [1.82, 2.24) is 20.2 Å². The highest BCUT2D eigenvalue weighted by atomic mass is 16.1. The minimum atomic E-state index is 0.0206. The summed E-state index contributed by atoms with van der Waals surface area (Å²) >= 11 is 0. The highest BCUT2D eigenvalue weighted by Crippen LogP contribution is 2.16. The fraction of sp³-hybridized carbons (Fsp3) is 0.412. The van der Waals surface area contributed by atoms with E-state index in [0.717, 1.165) is 42.3 Å². The first-order valence-corrected chi connectivity index (χ1v) is 7.70. The van der Waals surface area contributed by atoms with Crippen LogP contribution in [-0.4, -0.2) is 35.1 Å². The van der Waals surface area contributed by atoms with Gasteiger partial charge in [0.05, 0.1) is 17.8 Å². The normalized spacial score (nSPS) is 14.6. The van der Waals surface area contributed by atoms with Crippen LogP contribution in [0.5, 0.6) is 0 Å². The Balaban J connectivity index is 1.72. The lowest BCUT2D eigenvalue weighted by Crippen LogP contribution is -2.48. The van der Waals surface area contributed by atoms with Gasteiger partial charge in [-0.3, -0.25) is 9.78 Å². The standard InChI is InChI=1S/C17H22N4O/c1-12-7-16(17(22)20-10-14-8-18-9-14)13(2)21(12)11-15-5-3-4-6-19-15/h3-7,14,18H,8-11H2,1-2H3,(H,20,22). The monoisotopic (exact) mass is 298 g/mol. The zero-order valence-corrected chi connectivity index (χ0v) is 13.1. The quantitative estimate of drug-likeness (QED) is 0.879. The van der Waals surface area contributed by atoms with Crippen LogP contribution in [0.1, 0.15) is 27.4 Å². The molecule has 1 saturated heterocycles. The number of hydrogen-bond donors (Lipinski definition) is 2. The van der Waals surface area contributed by atoms with E-state index < -0.39 is 0 Å². The largest absolute Gasteiger partial charge is 0.352 e. The number of amides is 1. The van der Waals surface area contributed by atoms with Gasteiger partial charge in [-0.05, 0) is 32.0 Å². The first-order valence-electron chi connectivity index (χ1n) is 7.70. The summed E-state index contributed by atoms with van der Waals surface area (Å²) in [6.07, 6.45) is 1.80. The summed E-state index contributed by atoms with van der Waals surface area (Å²) in [5.74, 6) is 0.591. The van der Waals surface area contributed by atoms with Crippen molar-refractivity contribution in [2.24, 2.45) is 5.92 Å². The van der Waals surface area contributed by atoms with Crippen LogP contribution in [0.4, 0.5) is 0 Å². The van der Waals surface area contributed by atoms with Gasteiger partial charge in [-0.2, -0.15) is 0 Å². The van der Waals surface area contributed by atoms with Gasteiger partial charge in [-0.1, -0.05) is 6.07 Å². The zero-order valence-electron chi connectivity index (χ0n) is 13.1. The predicted octanol–water partition coefficient (Wildman–Crippen LogP) is 1.50. The first-order chi connectivity index (χ1) is 10.6. The predicted molar refractivity (Wildman–Crippen MR) is 85.9 cm³/mol. The molecule has 5 nitrogen and oxygen atoms in total. The number of nitrogens with one attached hydrogen (secondary N) is 2. The van der Waals surface area contributed by atoms with Crippen LogP contribution in [0.3, 0.4) is 0 Å². The van der Waals surface area contributed by atoms with Crippen LogP contribution in [0.15, 0.2) is 30.5 Å². The van der Waals surface area contributed by atoms with Crippen molar-refractivity contribution in [3.05, 3.63) is 53.1 Å². The minimum Gasteiger partial charge on any atom is -0.352 e. The fourth-order valence-electron chi connectivity index (χ4n) is 2.75. The van der Waals surface area contributed by atoms with Crippen LogP contribution in [-0.2, 0) is 6.54 Å². The second-order valence-corrected chi connectivity index (χ2v) is 5.93. The third kappa shape index (κ3) is 3.04. The first kappa shape index (κ1) is 14.8. The molecule has 116 valence electrons. The summed E-state index contributed by atoms with van der Waals surface area (Å²) in [6.45, 7) is 7.46. The van der Waals surface area contributed by atoms with Crippen molar-refractivity contribution in [2.75, 3.05) is 19.6 Å². The Hall–Kier alpha value is -2.14. The number of hydrogen-bond acceptors (Lipinski definition) is 3. The molecular weight excluding hydrogens is 276 g/mol. The summed E-state index contributed by atoms with van der Waals surface area (Å²) in [4.78, 5) is 16.7. The number of carbonyl (C=O) groups is 1. The minimum absolute atomic E-state index is 0.0206. The highest BCUT2D eigenvalue weighted by Gasteiger charge is 2.20. The van der Waals surface area contributed by atoms with E-state index in [1.807, 2.05) is 38.1 Å². The van der Waals surface area contributed by atoms with Gasteiger partial charge in [0.2, 0.25) is 0 Å². The Morgan fingerprint density at radius 2 is 2.23 bits per heavy atom. The number of pyridine rings is 1. The highest BCUT2D eigenvalue weighted by molar-refractivity contribution is 5.95. The van der Waals surface area contributed by atoms with Crippen LogP contribution < -0.4 is 10.6 Å².